The molecule has 1 aliphatic heterocycles. The number of anilines is 1. The minimum absolute atomic E-state index is 0.199. The van der Waals surface area contributed by atoms with Crippen molar-refractivity contribution in [1.82, 2.24) is 4.90 Å². The molecule has 154 valence electrons. The number of nitrogens with zero attached hydrogens (tertiary/aromatic N) is 2. The van der Waals surface area contributed by atoms with Gasteiger partial charge in [-0.05, 0) is 55.3 Å². The lowest BCUT2D eigenvalue weighted by molar-refractivity contribution is -0.153. The summed E-state index contributed by atoms with van der Waals surface area (Å²) in [6.07, 6.45) is 0. The Kier molecular flexibility index (Phi) is 6.99. The molecule has 2 aromatic rings. The minimum Gasteiger partial charge on any atom is -0.482 e. The third-order valence-electron chi connectivity index (χ3n) is 5.00. The predicted octanol–water partition coefficient (Wildman–Crippen LogP) is 3.23. The fourth-order valence-corrected chi connectivity index (χ4v) is 3.29. The number of amides is 1. The normalized spacial score (nSPS) is 13.9. The Morgan fingerprint density at radius 1 is 0.966 bits per heavy atom. The Labute approximate surface area is 176 Å². The molecule has 29 heavy (non-hydrogen) atoms. The number of rotatable bonds is 6. The summed E-state index contributed by atoms with van der Waals surface area (Å²) in [5, 5.41) is 0.691. The number of benzene rings is 2. The highest BCUT2D eigenvalue weighted by atomic mass is 35.5. The summed E-state index contributed by atoms with van der Waals surface area (Å²) < 4.78 is 10.5. The van der Waals surface area contributed by atoms with Crippen molar-refractivity contribution in [2.45, 2.75) is 13.8 Å². The number of aryl methyl sites for hydroxylation is 2. The lowest BCUT2D eigenvalue weighted by Gasteiger charge is -2.36. The Morgan fingerprint density at radius 2 is 1.72 bits per heavy atom. The molecule has 1 aliphatic rings. The first-order valence-electron chi connectivity index (χ1n) is 9.56. The first kappa shape index (κ1) is 21.0. The number of esters is 1. The second-order valence-corrected chi connectivity index (χ2v) is 7.48. The zero-order chi connectivity index (χ0) is 20.8. The molecule has 0 aromatic heterocycles. The molecule has 0 saturated carbocycles. The lowest BCUT2D eigenvalue weighted by atomic mass is 10.1. The van der Waals surface area contributed by atoms with Crippen LogP contribution in [0.25, 0.3) is 0 Å². The van der Waals surface area contributed by atoms with E-state index in [4.69, 9.17) is 21.1 Å². The average Bonchev–Trinajstić information content (AvgIpc) is 2.73. The zero-order valence-corrected chi connectivity index (χ0v) is 17.4. The maximum absolute atomic E-state index is 12.3. The van der Waals surface area contributed by atoms with Crippen LogP contribution in [0.2, 0.25) is 5.02 Å². The highest BCUT2D eigenvalue weighted by molar-refractivity contribution is 6.30. The van der Waals surface area contributed by atoms with E-state index >= 15 is 0 Å². The molecular formula is C22H25ClN2O4. The van der Waals surface area contributed by atoms with Gasteiger partial charge in [0.2, 0.25) is 0 Å². The Hall–Kier alpha value is -2.73. The molecule has 1 saturated heterocycles. The number of ether oxygens (including phenoxy) is 2. The van der Waals surface area contributed by atoms with Crippen molar-refractivity contribution < 1.29 is 19.1 Å². The molecule has 7 heteroatoms. The van der Waals surface area contributed by atoms with Crippen molar-refractivity contribution in [2.24, 2.45) is 0 Å². The Bertz CT molecular complexity index is 879. The summed E-state index contributed by atoms with van der Waals surface area (Å²) in [6.45, 7) is 6.04. The van der Waals surface area contributed by atoms with Crippen LogP contribution in [0.4, 0.5) is 5.69 Å². The van der Waals surface area contributed by atoms with Crippen LogP contribution < -0.4 is 9.64 Å². The van der Waals surface area contributed by atoms with E-state index in [1.165, 1.54) is 0 Å². The van der Waals surface area contributed by atoms with Gasteiger partial charge in [0.1, 0.15) is 5.75 Å². The number of piperazine rings is 1. The van der Waals surface area contributed by atoms with Gasteiger partial charge < -0.3 is 19.3 Å². The molecule has 0 unspecified atom stereocenters. The van der Waals surface area contributed by atoms with Crippen molar-refractivity contribution in [2.75, 3.05) is 44.3 Å². The molecule has 3 rings (SSSR count). The molecule has 0 aliphatic carbocycles. The monoisotopic (exact) mass is 416 g/mol. The number of hydrogen-bond donors (Lipinski definition) is 0. The van der Waals surface area contributed by atoms with Crippen LogP contribution in [0.1, 0.15) is 11.1 Å². The van der Waals surface area contributed by atoms with Crippen LogP contribution in [-0.2, 0) is 14.3 Å². The van der Waals surface area contributed by atoms with E-state index in [9.17, 15) is 9.59 Å². The van der Waals surface area contributed by atoms with Crippen molar-refractivity contribution in [3.8, 4) is 5.75 Å². The molecular weight excluding hydrogens is 392 g/mol. The third-order valence-corrected chi connectivity index (χ3v) is 5.23. The van der Waals surface area contributed by atoms with Gasteiger partial charge >= 0.3 is 5.97 Å². The van der Waals surface area contributed by atoms with Gasteiger partial charge in [-0.2, -0.15) is 0 Å². The van der Waals surface area contributed by atoms with Crippen LogP contribution in [0.15, 0.2) is 42.5 Å². The van der Waals surface area contributed by atoms with Crippen LogP contribution in [0, 0.1) is 13.8 Å². The SMILES string of the molecule is Cc1ccc(OCC(=O)OCC(=O)N2CCN(c3cccc(Cl)c3)CC2)cc1C. The first-order chi connectivity index (χ1) is 13.9. The van der Waals surface area contributed by atoms with E-state index in [1.807, 2.05) is 50.2 Å². The van der Waals surface area contributed by atoms with Crippen LogP contribution in [-0.4, -0.2) is 56.2 Å². The van der Waals surface area contributed by atoms with E-state index in [2.05, 4.69) is 4.90 Å². The fraction of sp³-hybridized carbons (Fsp3) is 0.364. The van der Waals surface area contributed by atoms with Gasteiger partial charge in [0.05, 0.1) is 0 Å². The van der Waals surface area contributed by atoms with Crippen LogP contribution in [0.5, 0.6) is 5.75 Å². The molecule has 0 radical (unpaired) electrons. The van der Waals surface area contributed by atoms with Crippen LogP contribution >= 0.6 is 11.6 Å². The van der Waals surface area contributed by atoms with Gasteiger partial charge in [0.15, 0.2) is 13.2 Å². The van der Waals surface area contributed by atoms with E-state index in [-0.39, 0.29) is 19.1 Å². The Balaban J connectivity index is 1.39. The smallest absolute Gasteiger partial charge is 0.344 e. The fourth-order valence-electron chi connectivity index (χ4n) is 3.11. The first-order valence-corrected chi connectivity index (χ1v) is 9.94. The molecule has 6 nitrogen and oxygen atoms in total. The topological polar surface area (TPSA) is 59.1 Å². The second kappa shape index (κ2) is 9.65. The molecule has 0 N–H and O–H groups in total. The standard InChI is InChI=1S/C22H25ClN2O4/c1-16-6-7-20(12-17(16)2)28-15-22(27)29-14-21(26)25-10-8-24(9-11-25)19-5-3-4-18(23)13-19/h3-7,12-13H,8-11,14-15H2,1-2H3. The van der Waals surface area contributed by atoms with Gasteiger partial charge in [-0.25, -0.2) is 4.79 Å². The van der Waals surface area contributed by atoms with Crippen LogP contribution in [0.3, 0.4) is 0 Å². The van der Waals surface area contributed by atoms with Gasteiger partial charge in [-0.3, -0.25) is 4.79 Å². The van der Waals surface area contributed by atoms with Crippen molar-refractivity contribution in [1.29, 1.82) is 0 Å². The van der Waals surface area contributed by atoms with Gasteiger partial charge in [-0.1, -0.05) is 23.7 Å². The largest absolute Gasteiger partial charge is 0.482 e. The van der Waals surface area contributed by atoms with E-state index in [0.717, 1.165) is 16.8 Å². The molecule has 0 atom stereocenters. The molecule has 1 fully saturated rings. The lowest BCUT2D eigenvalue weighted by Crippen LogP contribution is -2.50. The highest BCUT2D eigenvalue weighted by Gasteiger charge is 2.22. The summed E-state index contributed by atoms with van der Waals surface area (Å²) in [6, 6.07) is 13.3. The zero-order valence-electron chi connectivity index (χ0n) is 16.7. The van der Waals surface area contributed by atoms with Gasteiger partial charge in [0.25, 0.3) is 5.91 Å². The molecule has 0 spiro atoms. The summed E-state index contributed by atoms with van der Waals surface area (Å²) in [4.78, 5) is 28.1. The van der Waals surface area contributed by atoms with Crippen molar-refractivity contribution in [3.05, 3.63) is 58.6 Å². The molecule has 1 heterocycles. The van der Waals surface area contributed by atoms with E-state index in [0.29, 0.717) is 37.0 Å². The average molecular weight is 417 g/mol. The maximum atomic E-state index is 12.3. The summed E-state index contributed by atoms with van der Waals surface area (Å²) in [5.41, 5.74) is 3.28. The van der Waals surface area contributed by atoms with E-state index in [1.54, 1.807) is 11.0 Å². The number of carbonyl (C=O) groups is 2. The maximum Gasteiger partial charge on any atom is 0.344 e. The minimum atomic E-state index is -0.561. The van der Waals surface area contributed by atoms with Gasteiger partial charge in [-0.15, -0.1) is 0 Å². The summed E-state index contributed by atoms with van der Waals surface area (Å²) in [7, 11) is 0. The highest BCUT2D eigenvalue weighted by Crippen LogP contribution is 2.21. The van der Waals surface area contributed by atoms with E-state index < -0.39 is 5.97 Å². The quantitative estimate of drug-likeness (QED) is 0.677. The number of hydrogen-bond acceptors (Lipinski definition) is 5. The number of carbonyl (C=O) groups excluding carboxylic acids is 2. The molecule has 2 aromatic carbocycles. The summed E-state index contributed by atoms with van der Waals surface area (Å²) >= 11 is 6.04. The number of halogens is 1. The van der Waals surface area contributed by atoms with Gasteiger partial charge in [0, 0.05) is 36.9 Å². The summed E-state index contributed by atoms with van der Waals surface area (Å²) in [5.74, 6) is -0.155. The molecule has 0 bridgehead atoms. The Morgan fingerprint density at radius 3 is 2.41 bits per heavy atom. The predicted molar refractivity (Wildman–Crippen MR) is 113 cm³/mol. The van der Waals surface area contributed by atoms with Crippen molar-refractivity contribution in [3.63, 3.8) is 0 Å². The molecule has 1 amide bonds. The second-order valence-electron chi connectivity index (χ2n) is 7.04. The van der Waals surface area contributed by atoms with Crippen molar-refractivity contribution >= 4 is 29.2 Å². The third kappa shape index (κ3) is 5.87.